The number of allylic oxidation sites excluding steroid dienone is 6. The van der Waals surface area contributed by atoms with Crippen molar-refractivity contribution in [2.45, 2.75) is 165 Å². The number of nitrogens with zero attached hydrogens (tertiary/aromatic N) is 2. The highest BCUT2D eigenvalue weighted by Gasteiger charge is 2.94. The van der Waals surface area contributed by atoms with E-state index in [1.807, 2.05) is 0 Å². The van der Waals surface area contributed by atoms with E-state index in [2.05, 4.69) is 53.2 Å². The molecule has 362 valence electrons. The van der Waals surface area contributed by atoms with Gasteiger partial charge >= 0.3 is 11.9 Å². The molecule has 17 rings (SSSR count). The number of piperidine rings is 3. The molecule has 0 aromatic heterocycles. The predicted molar refractivity (Wildman–Crippen MR) is 261 cm³/mol. The zero-order chi connectivity index (χ0) is 45.7. The van der Waals surface area contributed by atoms with E-state index < -0.39 is 16.4 Å². The minimum atomic E-state index is -1.14. The van der Waals surface area contributed by atoms with Gasteiger partial charge in [-0.1, -0.05) is 72.9 Å². The van der Waals surface area contributed by atoms with E-state index >= 15 is 9.59 Å². The molecular formula is C61H73N3O5. The van der Waals surface area contributed by atoms with Crippen LogP contribution in [0.5, 0.6) is 0 Å². The van der Waals surface area contributed by atoms with E-state index in [4.69, 9.17) is 15.2 Å². The van der Waals surface area contributed by atoms with Gasteiger partial charge in [0.25, 0.3) is 0 Å². The van der Waals surface area contributed by atoms with Crippen molar-refractivity contribution in [3.05, 3.63) is 92.6 Å². The molecule has 3 N–H and O–H groups in total. The zero-order valence-corrected chi connectivity index (χ0v) is 41.0. The minimum absolute atomic E-state index is 0.114. The molecule has 4 saturated carbocycles. The third kappa shape index (κ3) is 4.37. The van der Waals surface area contributed by atoms with E-state index in [1.54, 1.807) is 22.4 Å². The largest absolute Gasteiger partial charge is 0.508 e. The Hall–Kier alpha value is -3.62. The van der Waals surface area contributed by atoms with Crippen LogP contribution in [-0.2, 0) is 26.3 Å². The maximum Gasteiger partial charge on any atom is 0.339 e. The van der Waals surface area contributed by atoms with Gasteiger partial charge in [-0.05, 0) is 186 Å². The molecule has 0 amide bonds. The lowest BCUT2D eigenvalue weighted by atomic mass is 9.25. The third-order valence-corrected chi connectivity index (χ3v) is 25.1. The number of aliphatic hydroxyl groups is 1. The topological polar surface area (TPSA) is 105 Å². The van der Waals surface area contributed by atoms with Gasteiger partial charge in [0.2, 0.25) is 0 Å². The van der Waals surface area contributed by atoms with Crippen molar-refractivity contribution in [2.75, 3.05) is 19.6 Å². The number of carbonyl (C=O) groups excluding carboxylic acids is 2. The molecule has 5 spiro atoms. The fraction of sp³-hybridized carbons (Fsp3) is 0.705. The number of nitrogens with two attached hydrogens (primary N) is 1. The smallest absolute Gasteiger partial charge is 0.339 e. The molecule has 7 heterocycles. The van der Waals surface area contributed by atoms with Crippen LogP contribution in [0.4, 0.5) is 0 Å². The molecule has 8 nitrogen and oxygen atoms in total. The van der Waals surface area contributed by atoms with Crippen molar-refractivity contribution >= 4 is 11.9 Å². The molecule has 9 bridgehead atoms. The monoisotopic (exact) mass is 928 g/mol. The maximum absolute atomic E-state index is 16.6. The van der Waals surface area contributed by atoms with Crippen LogP contribution in [0.3, 0.4) is 0 Å². The van der Waals surface area contributed by atoms with Crippen LogP contribution in [0.2, 0.25) is 0 Å². The lowest BCUT2D eigenvalue weighted by Crippen LogP contribution is -2.79. The number of esters is 2. The van der Waals surface area contributed by atoms with Crippen LogP contribution >= 0.6 is 0 Å². The first-order valence-corrected chi connectivity index (χ1v) is 28.8. The van der Waals surface area contributed by atoms with Crippen LogP contribution in [0, 0.1) is 80.8 Å². The highest BCUT2D eigenvalue weighted by Crippen LogP contribution is 2.90. The van der Waals surface area contributed by atoms with Gasteiger partial charge in [0.05, 0.1) is 11.0 Å². The first kappa shape index (κ1) is 40.9. The lowest BCUT2D eigenvalue weighted by Gasteiger charge is -2.76. The van der Waals surface area contributed by atoms with E-state index in [1.165, 1.54) is 89.2 Å². The number of carbonyl (C=O) groups is 2. The van der Waals surface area contributed by atoms with Gasteiger partial charge in [-0.25, -0.2) is 4.79 Å². The first-order chi connectivity index (χ1) is 33.7. The number of rotatable bonds is 4. The normalized spacial score (nSPS) is 49.2. The Balaban J connectivity index is 0.985. The van der Waals surface area contributed by atoms with E-state index in [9.17, 15) is 5.11 Å². The summed E-state index contributed by atoms with van der Waals surface area (Å²) in [6, 6.07) is 7.71. The molecule has 17 unspecified atom stereocenters. The number of hydrogen-bond acceptors (Lipinski definition) is 8. The number of benzene rings is 1. The van der Waals surface area contributed by atoms with Crippen LogP contribution in [0.25, 0.3) is 0 Å². The summed E-state index contributed by atoms with van der Waals surface area (Å²) in [5, 5.41) is 14.1. The summed E-state index contributed by atoms with van der Waals surface area (Å²) >= 11 is 0. The Kier molecular flexibility index (Phi) is 7.89. The van der Waals surface area contributed by atoms with Gasteiger partial charge in [-0.15, -0.1) is 0 Å². The summed E-state index contributed by atoms with van der Waals surface area (Å²) in [4.78, 5) is 38.0. The van der Waals surface area contributed by atoms with Crippen molar-refractivity contribution in [1.29, 1.82) is 0 Å². The number of aliphatic hydroxyl groups excluding tert-OH is 1. The highest BCUT2D eigenvalue weighted by atomic mass is 16.6. The molecule has 7 aliphatic heterocycles. The van der Waals surface area contributed by atoms with Crippen molar-refractivity contribution in [3.8, 4) is 0 Å². The van der Waals surface area contributed by atoms with Gasteiger partial charge in [0, 0.05) is 66.1 Å². The van der Waals surface area contributed by atoms with Gasteiger partial charge in [0.1, 0.15) is 11.2 Å². The molecule has 8 fully saturated rings. The summed E-state index contributed by atoms with van der Waals surface area (Å²) in [7, 11) is 0. The lowest BCUT2D eigenvalue weighted by molar-refractivity contribution is -0.284. The zero-order valence-electron chi connectivity index (χ0n) is 41.0. The number of ether oxygens (including phenoxy) is 2. The Bertz CT molecular complexity index is 2740. The van der Waals surface area contributed by atoms with Crippen molar-refractivity contribution < 1.29 is 24.2 Å². The summed E-state index contributed by atoms with van der Waals surface area (Å²) < 4.78 is 14.7. The fourth-order valence-electron chi connectivity index (χ4n) is 23.5. The average Bonchev–Trinajstić information content (AvgIpc) is 4.13. The molecule has 16 aliphatic rings. The van der Waals surface area contributed by atoms with Crippen molar-refractivity contribution in [3.63, 3.8) is 0 Å². The van der Waals surface area contributed by atoms with Gasteiger partial charge in [-0.3, -0.25) is 9.69 Å². The summed E-state index contributed by atoms with van der Waals surface area (Å²) in [5.41, 5.74) is 14.1. The molecule has 69 heavy (non-hydrogen) atoms. The molecule has 0 radical (unpaired) electrons. The van der Waals surface area contributed by atoms with Crippen molar-refractivity contribution in [1.82, 2.24) is 9.80 Å². The van der Waals surface area contributed by atoms with Crippen LogP contribution in [-0.4, -0.2) is 64.6 Å². The summed E-state index contributed by atoms with van der Waals surface area (Å²) in [6.07, 6.45) is 31.4. The number of hydrogen-bond donors (Lipinski definition) is 2. The minimum Gasteiger partial charge on any atom is -0.508 e. The number of aryl methyl sites for hydroxylation is 1. The van der Waals surface area contributed by atoms with Crippen LogP contribution in [0.15, 0.2) is 75.9 Å². The molecule has 8 heteroatoms. The first-order valence-electron chi connectivity index (χ1n) is 28.8. The quantitative estimate of drug-likeness (QED) is 0.227. The van der Waals surface area contributed by atoms with Crippen LogP contribution in [0.1, 0.15) is 157 Å². The SMILES string of the molecule is CC1C=C2CCC34C5CC=CC3C2C2=C3CCC67C(=C(O)C8CCC9C%10CC(CN9C8C8CCC9(CCCC9)C8)C8CCC(=C(C34)N8C%10)C5)OC(=O)C26C(C1)C71OC(=O)c2c(CCCN)cccc21. The molecule has 1 aromatic carbocycles. The molecule has 9 aliphatic carbocycles. The van der Waals surface area contributed by atoms with Crippen molar-refractivity contribution in [2.24, 2.45) is 86.6 Å². The second kappa shape index (κ2) is 13.3. The summed E-state index contributed by atoms with van der Waals surface area (Å²) in [6.45, 7) is 5.22. The summed E-state index contributed by atoms with van der Waals surface area (Å²) in [5.74, 6) is 3.28. The fourth-order valence-corrected chi connectivity index (χ4v) is 23.5. The second-order valence-corrected chi connectivity index (χ2v) is 26.9. The van der Waals surface area contributed by atoms with Gasteiger partial charge in [0.15, 0.2) is 11.4 Å². The molecule has 4 saturated heterocycles. The Morgan fingerprint density at radius 3 is 2.70 bits per heavy atom. The standard InChI is InChI=1S/C61H73N3O5/c1-32-25-34-17-22-58-39-9-5-10-42(58)47(34)49-40-18-23-59-54(68-56(67)60(49,59)46(26-32)61(59)43-11-4-7-33(8-6-24-62)48(43)55(66)69-61)53(65)41-13-15-45-38-27-37(44-14-12-35(28-39)52(50(40)58)64(44)31-38)30-63(45)51(41)36-16-21-57(29-36)19-2-3-20-57/h4-5,7,10-11,25,32,36-39,41-42,44-47,50-51,65H,2-3,6,8-9,12-24,26-31,62H2,1H3. The molecule has 17 atom stereocenters. The van der Waals surface area contributed by atoms with E-state index in [0.717, 1.165) is 62.6 Å². The Labute approximate surface area is 408 Å². The van der Waals surface area contributed by atoms with E-state index in [-0.39, 0.29) is 47.1 Å². The Morgan fingerprint density at radius 1 is 0.928 bits per heavy atom. The maximum atomic E-state index is 16.6. The Morgan fingerprint density at radius 2 is 1.81 bits per heavy atom. The highest BCUT2D eigenvalue weighted by molar-refractivity contribution is 6.00. The molecule has 1 aromatic rings. The molecular weight excluding hydrogens is 855 g/mol. The average molecular weight is 928 g/mol. The van der Waals surface area contributed by atoms with Crippen LogP contribution < -0.4 is 5.73 Å². The van der Waals surface area contributed by atoms with E-state index in [0.29, 0.717) is 89.5 Å². The predicted octanol–water partition coefficient (Wildman–Crippen LogP) is 10.7. The third-order valence-electron chi connectivity index (χ3n) is 25.1. The van der Waals surface area contributed by atoms with Gasteiger partial charge < -0.3 is 25.2 Å². The number of fused-ring (bicyclic) bond motifs is 8. The van der Waals surface area contributed by atoms with Gasteiger partial charge in [-0.2, -0.15) is 0 Å². The second-order valence-electron chi connectivity index (χ2n) is 26.9.